The summed E-state index contributed by atoms with van der Waals surface area (Å²) >= 11 is 0. The summed E-state index contributed by atoms with van der Waals surface area (Å²) in [5.74, 6) is 0. The normalized spacial score (nSPS) is 13.5. The zero-order chi connectivity index (χ0) is 10.9. The second kappa shape index (κ2) is 4.09. The first kappa shape index (κ1) is 13.1. The molecule has 0 aromatic carbocycles. The van der Waals surface area contributed by atoms with Crippen LogP contribution < -0.4 is 0 Å². The van der Waals surface area contributed by atoms with E-state index in [9.17, 15) is 0 Å². The minimum absolute atomic E-state index is 0.107. The van der Waals surface area contributed by atoms with Crippen LogP contribution in [0.25, 0.3) is 0 Å². The summed E-state index contributed by atoms with van der Waals surface area (Å²) in [5.41, 5.74) is 0.830. The Bertz CT molecular complexity index is 169. The van der Waals surface area contributed by atoms with Crippen LogP contribution in [-0.2, 0) is 0 Å². The summed E-state index contributed by atoms with van der Waals surface area (Å²) in [5, 5.41) is 8.32. The van der Waals surface area contributed by atoms with Gasteiger partial charge in [-0.1, -0.05) is 49.5 Å². The Labute approximate surface area is 84.6 Å². The van der Waals surface area contributed by atoms with E-state index >= 15 is 0 Å². The molecule has 0 unspecified atom stereocenters. The molecule has 0 aromatic heterocycles. The molecule has 0 rings (SSSR count). The van der Waals surface area contributed by atoms with E-state index in [1.807, 2.05) is 6.92 Å². The lowest BCUT2D eigenvalue weighted by Gasteiger charge is -2.41. The van der Waals surface area contributed by atoms with Crippen molar-refractivity contribution in [2.45, 2.75) is 58.8 Å². The molecule has 0 aliphatic heterocycles. The van der Waals surface area contributed by atoms with Gasteiger partial charge in [-0.05, 0) is 17.2 Å². The van der Waals surface area contributed by atoms with Crippen LogP contribution in [0.5, 0.6) is 0 Å². The van der Waals surface area contributed by atoms with Crippen molar-refractivity contribution in [1.29, 1.82) is 5.41 Å². The molecule has 0 heterocycles. The molecule has 0 aromatic rings. The molecule has 0 aliphatic rings. The predicted molar refractivity (Wildman–Crippen MR) is 64.7 cm³/mol. The van der Waals surface area contributed by atoms with Crippen LogP contribution in [0.1, 0.15) is 48.5 Å². The van der Waals surface area contributed by atoms with Gasteiger partial charge in [-0.3, -0.25) is 0 Å². The van der Waals surface area contributed by atoms with Crippen molar-refractivity contribution >= 4 is 13.6 Å². The smallest absolute Gasteiger partial charge is 0.0101 e. The van der Waals surface area contributed by atoms with Crippen LogP contribution in [0.2, 0.25) is 0 Å². The van der Waals surface area contributed by atoms with E-state index in [1.54, 1.807) is 0 Å². The number of nitrogens with one attached hydrogen (secondary N) is 1. The summed E-state index contributed by atoms with van der Waals surface area (Å²) in [7, 11) is -0.107. The molecule has 0 saturated heterocycles. The van der Waals surface area contributed by atoms with E-state index in [1.165, 1.54) is 0 Å². The molecule has 1 nitrogen and oxygen atoms in total. The fraction of sp³-hybridized carbons (Fsp3) is 0.909. The molecule has 78 valence electrons. The van der Waals surface area contributed by atoms with Crippen molar-refractivity contribution < 1.29 is 0 Å². The second-order valence-electron chi connectivity index (χ2n) is 5.71. The molecule has 0 radical (unpaired) electrons. The van der Waals surface area contributed by atoms with E-state index in [4.69, 9.17) is 5.41 Å². The first-order valence-corrected chi connectivity index (χ1v) is 6.39. The van der Waals surface area contributed by atoms with Gasteiger partial charge in [0.1, 0.15) is 0 Å². The molecule has 0 aliphatic carbocycles. The minimum Gasteiger partial charge on any atom is -0.310 e. The maximum atomic E-state index is 7.60. The molecular weight excluding hydrogens is 177 g/mol. The maximum Gasteiger partial charge on any atom is 0.0101 e. The fourth-order valence-electron chi connectivity index (χ4n) is 1.72. The first-order valence-electron chi connectivity index (χ1n) is 4.87. The van der Waals surface area contributed by atoms with Gasteiger partial charge in [0.05, 0.1) is 0 Å². The average molecular weight is 201 g/mol. The molecule has 0 saturated carbocycles. The highest BCUT2D eigenvalue weighted by atomic mass is 31.1. The van der Waals surface area contributed by atoms with Crippen molar-refractivity contribution in [3.63, 3.8) is 0 Å². The largest absolute Gasteiger partial charge is 0.310 e. The van der Waals surface area contributed by atoms with Crippen molar-refractivity contribution in [3.05, 3.63) is 0 Å². The van der Waals surface area contributed by atoms with Crippen LogP contribution in [-0.4, -0.2) is 22.2 Å². The lowest BCUT2D eigenvalue weighted by Crippen LogP contribution is -2.28. The summed E-state index contributed by atoms with van der Waals surface area (Å²) in [6.07, 6.45) is 0.988. The summed E-state index contributed by atoms with van der Waals surface area (Å²) in [6.45, 7) is 15.7. The third-order valence-electron chi connectivity index (χ3n) is 2.01. The van der Waals surface area contributed by atoms with Gasteiger partial charge in [-0.2, -0.15) is 0 Å². The Morgan fingerprint density at radius 2 is 1.31 bits per heavy atom. The van der Waals surface area contributed by atoms with Gasteiger partial charge in [-0.15, -0.1) is 0 Å². The minimum atomic E-state index is -0.107. The quantitative estimate of drug-likeness (QED) is 0.513. The van der Waals surface area contributed by atoms with Gasteiger partial charge >= 0.3 is 0 Å². The lowest BCUT2D eigenvalue weighted by molar-refractivity contribution is 0.708. The van der Waals surface area contributed by atoms with E-state index in [2.05, 4.69) is 41.5 Å². The molecule has 0 bridgehead atoms. The molecule has 0 spiro atoms. The average Bonchev–Trinajstić information content (AvgIpc) is 1.77. The van der Waals surface area contributed by atoms with Gasteiger partial charge in [-0.25, -0.2) is 0 Å². The molecule has 0 fully saturated rings. The molecule has 2 heteroatoms. The molecule has 0 amide bonds. The van der Waals surface area contributed by atoms with Crippen molar-refractivity contribution in [2.75, 3.05) is 6.16 Å². The van der Waals surface area contributed by atoms with Gasteiger partial charge < -0.3 is 5.41 Å². The topological polar surface area (TPSA) is 23.9 Å². The van der Waals surface area contributed by atoms with Crippen molar-refractivity contribution in [1.82, 2.24) is 0 Å². The molecular formula is C11H24NP. The Morgan fingerprint density at radius 1 is 1.00 bits per heavy atom. The summed E-state index contributed by atoms with van der Waals surface area (Å²) < 4.78 is 0. The Kier molecular flexibility index (Phi) is 4.12. The van der Waals surface area contributed by atoms with Gasteiger partial charge in [0, 0.05) is 11.9 Å². The van der Waals surface area contributed by atoms with E-state index in [-0.39, 0.29) is 7.92 Å². The van der Waals surface area contributed by atoms with Crippen LogP contribution in [0.15, 0.2) is 0 Å². The van der Waals surface area contributed by atoms with Gasteiger partial charge in [0.15, 0.2) is 0 Å². The van der Waals surface area contributed by atoms with Crippen LogP contribution >= 0.6 is 7.92 Å². The molecule has 13 heavy (non-hydrogen) atoms. The third-order valence-corrected chi connectivity index (χ3v) is 6.04. The van der Waals surface area contributed by atoms with Crippen LogP contribution in [0, 0.1) is 5.41 Å². The Hall–Kier alpha value is 0.100. The zero-order valence-corrected chi connectivity index (χ0v) is 11.0. The highest BCUT2D eigenvalue weighted by Crippen LogP contribution is 2.58. The van der Waals surface area contributed by atoms with Crippen molar-refractivity contribution in [3.8, 4) is 0 Å². The summed E-state index contributed by atoms with van der Waals surface area (Å²) in [4.78, 5) is 0. The molecule has 1 N–H and O–H groups in total. The highest BCUT2D eigenvalue weighted by molar-refractivity contribution is 7.61. The van der Waals surface area contributed by atoms with E-state index in [0.717, 1.165) is 11.9 Å². The Balaban J connectivity index is 4.68. The fourth-order valence-corrected chi connectivity index (χ4v) is 5.15. The summed E-state index contributed by atoms with van der Waals surface area (Å²) in [6, 6.07) is 0. The standard InChI is InChI=1S/C11H24NP/c1-9(12)8-13(10(2,3)4)11(5,6)7/h12H,8H2,1-7H3. The predicted octanol–water partition coefficient (Wildman–Crippen LogP) is 4.10. The third kappa shape index (κ3) is 4.76. The van der Waals surface area contributed by atoms with Crippen LogP contribution in [0.4, 0.5) is 0 Å². The van der Waals surface area contributed by atoms with E-state index in [0.29, 0.717) is 10.3 Å². The van der Waals surface area contributed by atoms with Gasteiger partial charge in [0.2, 0.25) is 0 Å². The SMILES string of the molecule is CC(=N)CP(C(C)(C)C)C(C)(C)C. The van der Waals surface area contributed by atoms with Gasteiger partial charge in [0.25, 0.3) is 0 Å². The van der Waals surface area contributed by atoms with E-state index < -0.39 is 0 Å². The van der Waals surface area contributed by atoms with Crippen LogP contribution in [0.3, 0.4) is 0 Å². The second-order valence-corrected chi connectivity index (χ2v) is 9.56. The molecule has 0 atom stereocenters. The first-order chi connectivity index (χ1) is 5.55. The number of hydrogen-bond acceptors (Lipinski definition) is 1. The maximum absolute atomic E-state index is 7.60. The zero-order valence-electron chi connectivity index (χ0n) is 10.2. The highest BCUT2D eigenvalue weighted by Gasteiger charge is 2.33. The number of rotatable bonds is 2. The Morgan fingerprint density at radius 3 is 1.38 bits per heavy atom. The monoisotopic (exact) mass is 201 g/mol. The van der Waals surface area contributed by atoms with Crippen molar-refractivity contribution in [2.24, 2.45) is 0 Å². The lowest BCUT2D eigenvalue weighted by atomic mass is 10.2. The number of hydrogen-bond donors (Lipinski definition) is 1.